The van der Waals surface area contributed by atoms with E-state index in [9.17, 15) is 0 Å². The summed E-state index contributed by atoms with van der Waals surface area (Å²) in [7, 11) is -1.08. The van der Waals surface area contributed by atoms with Gasteiger partial charge in [0, 0.05) is 4.47 Å². The summed E-state index contributed by atoms with van der Waals surface area (Å²) in [4.78, 5) is 0. The second-order valence-electron chi connectivity index (χ2n) is 5.64. The molecule has 1 radical (unpaired) electrons. The van der Waals surface area contributed by atoms with Gasteiger partial charge in [0.15, 0.2) is 0 Å². The molecule has 3 aromatic carbocycles. The van der Waals surface area contributed by atoms with Gasteiger partial charge in [-0.3, -0.25) is 0 Å². The predicted octanol–water partition coefficient (Wildman–Crippen LogP) is 4.17. The third-order valence-corrected chi connectivity index (χ3v) is 9.02. The Labute approximate surface area is 150 Å². The van der Waals surface area contributed by atoms with E-state index in [1.54, 1.807) is 0 Å². The van der Waals surface area contributed by atoms with Crippen molar-refractivity contribution in [2.75, 3.05) is 0 Å². The Hall–Kier alpha value is -1.21. The van der Waals surface area contributed by atoms with Crippen LogP contribution < -0.4 is 21.1 Å². The molecular weight excluding hydrogens is 379 g/mol. The molecule has 0 saturated carbocycles. The Bertz CT molecular complexity index is 733. The molecule has 23 heavy (non-hydrogen) atoms. The van der Waals surface area contributed by atoms with Crippen molar-refractivity contribution in [3.63, 3.8) is 0 Å². The zero-order valence-electron chi connectivity index (χ0n) is 13.3. The molecule has 0 unspecified atom stereocenters. The minimum Gasteiger partial charge on any atom is -0.0670 e. The van der Waals surface area contributed by atoms with Gasteiger partial charge in [-0.1, -0.05) is 102 Å². The van der Waals surface area contributed by atoms with Gasteiger partial charge in [0.1, 0.15) is 0 Å². The van der Waals surface area contributed by atoms with E-state index in [4.69, 9.17) is 0 Å². The van der Waals surface area contributed by atoms with E-state index < -0.39 is 16.7 Å². The molecule has 0 aliphatic rings. The molecule has 3 rings (SSSR count). The molecule has 0 amide bonds. The molecule has 0 N–H and O–H groups in total. The topological polar surface area (TPSA) is 0 Å². The Kier molecular flexibility index (Phi) is 5.48. The number of halogens is 1. The maximum atomic E-state index is 3.80. The molecule has 0 atom stereocenters. The van der Waals surface area contributed by atoms with E-state index in [0.29, 0.717) is 0 Å². The van der Waals surface area contributed by atoms with E-state index in [1.165, 1.54) is 25.6 Å². The minimum absolute atomic E-state index is 0.520. The van der Waals surface area contributed by atoms with Crippen molar-refractivity contribution in [3.05, 3.63) is 83.3 Å². The summed E-state index contributed by atoms with van der Waals surface area (Å²) in [6.45, 7) is 4.75. The highest BCUT2D eigenvalue weighted by Gasteiger charge is 2.22. The molecule has 0 saturated heterocycles. The zero-order valence-corrected chi connectivity index (χ0v) is 16.8. The normalized spacial score (nSPS) is 11.2. The van der Waals surface area contributed by atoms with E-state index in [-0.39, 0.29) is 0 Å². The maximum Gasteiger partial charge on any atom is 0.0815 e. The van der Waals surface area contributed by atoms with E-state index >= 15 is 0 Å². The Morgan fingerprint density at radius 2 is 1.22 bits per heavy atom. The molecule has 3 aromatic rings. The van der Waals surface area contributed by atoms with Crippen LogP contribution in [0.3, 0.4) is 0 Å². The average molecular weight is 398 g/mol. The third-order valence-electron chi connectivity index (χ3n) is 3.76. The first-order valence-corrected chi connectivity index (χ1v) is 12.3. The van der Waals surface area contributed by atoms with Gasteiger partial charge in [-0.25, -0.2) is 0 Å². The van der Waals surface area contributed by atoms with Crippen LogP contribution in [-0.2, 0) is 0 Å². The van der Waals surface area contributed by atoms with Gasteiger partial charge >= 0.3 is 0 Å². The second kappa shape index (κ2) is 7.57. The van der Waals surface area contributed by atoms with Crippen LogP contribution in [0.15, 0.2) is 83.3 Å². The predicted molar refractivity (Wildman–Crippen MR) is 110 cm³/mol. The van der Waals surface area contributed by atoms with E-state index in [1.807, 2.05) is 0 Å². The number of hydrogen-bond acceptors (Lipinski definition) is 0. The quantitative estimate of drug-likeness (QED) is 0.457. The summed E-state index contributed by atoms with van der Waals surface area (Å²) >= 11 is 3.80. The lowest BCUT2D eigenvalue weighted by Gasteiger charge is -2.24. The Balaban J connectivity index is 2.24. The number of hydrogen-bond donors (Lipinski definition) is 0. The van der Waals surface area contributed by atoms with Gasteiger partial charge in [0.25, 0.3) is 0 Å². The fourth-order valence-corrected chi connectivity index (χ4v) is 9.02. The lowest BCUT2D eigenvalue weighted by atomic mass is 10.3. The van der Waals surface area contributed by atoms with Gasteiger partial charge in [-0.2, -0.15) is 0 Å². The third kappa shape index (κ3) is 3.66. The van der Waals surface area contributed by atoms with Gasteiger partial charge < -0.3 is 0 Å². The van der Waals surface area contributed by atoms with Gasteiger partial charge in [-0.05, 0) is 35.1 Å². The van der Waals surface area contributed by atoms with Crippen LogP contribution in [0.5, 0.6) is 0 Å². The Morgan fingerprint density at radius 1 is 0.696 bits per heavy atom. The Morgan fingerprint density at radius 3 is 1.70 bits per heavy atom. The van der Waals surface area contributed by atoms with E-state index in [2.05, 4.69) is 108 Å². The SMILES string of the molecule is C[Si](C)c1c(Br)cccc1P(c1ccccc1)c1ccccc1. The summed E-state index contributed by atoms with van der Waals surface area (Å²) < 4.78 is 1.26. The molecule has 0 aliphatic heterocycles. The monoisotopic (exact) mass is 397 g/mol. The molecule has 0 fully saturated rings. The molecule has 0 nitrogen and oxygen atoms in total. The van der Waals surface area contributed by atoms with Crippen LogP contribution in [0.2, 0.25) is 13.1 Å². The lowest BCUT2D eigenvalue weighted by molar-refractivity contribution is 1.72. The van der Waals surface area contributed by atoms with Crippen molar-refractivity contribution in [1.82, 2.24) is 0 Å². The van der Waals surface area contributed by atoms with Crippen molar-refractivity contribution >= 4 is 53.7 Å². The van der Waals surface area contributed by atoms with Crippen molar-refractivity contribution in [3.8, 4) is 0 Å². The minimum atomic E-state index is -0.561. The summed E-state index contributed by atoms with van der Waals surface area (Å²) in [6.07, 6.45) is 0. The maximum absolute atomic E-state index is 3.80. The highest BCUT2D eigenvalue weighted by Crippen LogP contribution is 2.32. The molecule has 0 aliphatic carbocycles. The highest BCUT2D eigenvalue weighted by molar-refractivity contribution is 9.10. The van der Waals surface area contributed by atoms with Crippen molar-refractivity contribution in [1.29, 1.82) is 0 Å². The van der Waals surface area contributed by atoms with Crippen LogP contribution in [0.4, 0.5) is 0 Å². The molecule has 115 valence electrons. The first kappa shape index (κ1) is 16.6. The molecule has 0 aromatic heterocycles. The largest absolute Gasteiger partial charge is 0.0815 e. The van der Waals surface area contributed by atoms with Crippen molar-refractivity contribution in [2.45, 2.75) is 13.1 Å². The molecule has 0 spiro atoms. The zero-order chi connectivity index (χ0) is 16.2. The summed E-state index contributed by atoms with van der Waals surface area (Å²) in [5.41, 5.74) is 0. The number of benzene rings is 3. The first-order valence-electron chi connectivity index (χ1n) is 7.68. The van der Waals surface area contributed by atoms with E-state index in [0.717, 1.165) is 0 Å². The van der Waals surface area contributed by atoms with Gasteiger partial charge in [-0.15, -0.1) is 0 Å². The van der Waals surface area contributed by atoms with Crippen LogP contribution in [0, 0.1) is 0 Å². The first-order chi connectivity index (χ1) is 11.2. The van der Waals surface area contributed by atoms with Crippen LogP contribution >= 0.6 is 23.9 Å². The molecule has 3 heteroatoms. The smallest absolute Gasteiger partial charge is 0.0670 e. The van der Waals surface area contributed by atoms with Gasteiger partial charge in [0.2, 0.25) is 0 Å². The lowest BCUT2D eigenvalue weighted by Crippen LogP contribution is -2.40. The fourth-order valence-electron chi connectivity index (χ4n) is 2.78. The summed E-state index contributed by atoms with van der Waals surface area (Å²) in [5, 5.41) is 5.84. The highest BCUT2D eigenvalue weighted by atomic mass is 79.9. The molecule has 0 bridgehead atoms. The average Bonchev–Trinajstić information content (AvgIpc) is 2.57. The van der Waals surface area contributed by atoms with Gasteiger partial charge in [0.05, 0.1) is 8.80 Å². The summed E-state index contributed by atoms with van der Waals surface area (Å²) in [5.74, 6) is 0. The number of rotatable bonds is 4. The fraction of sp³-hybridized carbons (Fsp3) is 0.100. The van der Waals surface area contributed by atoms with Crippen molar-refractivity contribution < 1.29 is 0 Å². The van der Waals surface area contributed by atoms with Crippen molar-refractivity contribution in [2.24, 2.45) is 0 Å². The summed E-state index contributed by atoms with van der Waals surface area (Å²) in [6, 6.07) is 28.5. The molecular formula is C20H19BrPSi. The van der Waals surface area contributed by atoms with Crippen LogP contribution in [0.1, 0.15) is 0 Å². The molecule has 0 heterocycles. The second-order valence-corrected chi connectivity index (χ2v) is 11.2. The van der Waals surface area contributed by atoms with Crippen LogP contribution in [0.25, 0.3) is 0 Å². The van der Waals surface area contributed by atoms with Crippen LogP contribution in [-0.4, -0.2) is 8.80 Å². The standard InChI is InChI=1S/C20H19BrPSi/c1-23(2)20-18(21)14-9-15-19(20)22(16-10-5-3-6-11-16)17-12-7-4-8-13-17/h3-15H,1-2H3.